The molecule has 0 spiro atoms. The molecular weight excluding hydrogens is 468 g/mol. The first-order chi connectivity index (χ1) is 14.4. The van der Waals surface area contributed by atoms with Crippen molar-refractivity contribution in [2.24, 2.45) is 5.73 Å². The highest BCUT2D eigenvalue weighted by Crippen LogP contribution is 2.25. The Bertz CT molecular complexity index is 1040. The molecule has 9 nitrogen and oxygen atoms in total. The molecule has 2 amide bonds. The van der Waals surface area contributed by atoms with E-state index >= 15 is 0 Å². The lowest BCUT2D eigenvalue weighted by molar-refractivity contribution is -0.199. The highest BCUT2D eigenvalue weighted by atomic mass is 32.2. The molecule has 170 valence electrons. The zero-order chi connectivity index (χ0) is 23.2. The second-order valence-electron chi connectivity index (χ2n) is 5.96. The molecule has 0 unspecified atom stereocenters. The third kappa shape index (κ3) is 7.45. The second-order valence-corrected chi connectivity index (χ2v) is 8.98. The standard InChI is InChI=1S/C16H16F4N4O5S2/c17-11-3-1-2-10(6-11)7-22-14(26)24(29-13(25)16(18,19)20)15-23-12(8-30-15)9-31(27,28)5-4-21/h1-3,6,8H,4-5,7,9,21H2,(H,22,26). The van der Waals surface area contributed by atoms with Gasteiger partial charge in [0.2, 0.25) is 5.13 Å². The fourth-order valence-electron chi connectivity index (χ4n) is 2.13. The van der Waals surface area contributed by atoms with Crippen molar-refractivity contribution in [1.82, 2.24) is 10.3 Å². The van der Waals surface area contributed by atoms with Gasteiger partial charge in [0.05, 0.1) is 17.2 Å². The molecule has 3 N–H and O–H groups in total. The molecule has 0 aliphatic heterocycles. The number of amides is 2. The van der Waals surface area contributed by atoms with Gasteiger partial charge in [-0.3, -0.25) is 0 Å². The van der Waals surface area contributed by atoms with Gasteiger partial charge in [0.25, 0.3) is 0 Å². The molecular formula is C16H16F4N4O5S2. The molecule has 0 saturated carbocycles. The maximum atomic E-state index is 13.2. The number of aromatic nitrogens is 1. The molecule has 15 heteroatoms. The third-order valence-electron chi connectivity index (χ3n) is 3.43. The zero-order valence-electron chi connectivity index (χ0n) is 15.6. The number of rotatable bonds is 7. The minimum absolute atomic E-state index is 0.0428. The van der Waals surface area contributed by atoms with Crippen LogP contribution in [0, 0.1) is 5.82 Å². The SMILES string of the molecule is NCCS(=O)(=O)Cc1csc(N(OC(=O)C(F)(F)F)C(=O)NCc2cccc(F)c2)n1. The highest BCUT2D eigenvalue weighted by Gasteiger charge is 2.44. The Hall–Kier alpha value is -2.78. The molecule has 1 aromatic heterocycles. The van der Waals surface area contributed by atoms with Gasteiger partial charge in [0, 0.05) is 18.5 Å². The van der Waals surface area contributed by atoms with Crippen molar-refractivity contribution in [3.8, 4) is 0 Å². The summed E-state index contributed by atoms with van der Waals surface area (Å²) < 4.78 is 74.7. The topological polar surface area (TPSA) is 132 Å². The predicted molar refractivity (Wildman–Crippen MR) is 102 cm³/mol. The minimum atomic E-state index is -5.41. The highest BCUT2D eigenvalue weighted by molar-refractivity contribution is 7.90. The Kier molecular flexibility index (Phi) is 7.91. The molecule has 2 aromatic rings. The van der Waals surface area contributed by atoms with E-state index in [2.05, 4.69) is 15.1 Å². The van der Waals surface area contributed by atoms with Crippen molar-refractivity contribution in [3.63, 3.8) is 0 Å². The normalized spacial score (nSPS) is 11.8. The van der Waals surface area contributed by atoms with E-state index in [-0.39, 0.29) is 35.2 Å². The molecule has 0 aliphatic rings. The molecule has 0 atom stereocenters. The van der Waals surface area contributed by atoms with Crippen LogP contribution in [0.1, 0.15) is 11.3 Å². The smallest absolute Gasteiger partial charge is 0.331 e. The van der Waals surface area contributed by atoms with E-state index in [1.165, 1.54) is 17.5 Å². The number of nitrogens with two attached hydrogens (primary N) is 1. The van der Waals surface area contributed by atoms with Gasteiger partial charge in [0.1, 0.15) is 5.82 Å². The summed E-state index contributed by atoms with van der Waals surface area (Å²) in [7, 11) is -3.64. The number of carbonyl (C=O) groups is 2. The van der Waals surface area contributed by atoms with E-state index in [1.807, 2.05) is 0 Å². The summed E-state index contributed by atoms with van der Waals surface area (Å²) in [6.45, 7) is -0.448. The largest absolute Gasteiger partial charge is 0.493 e. The molecule has 31 heavy (non-hydrogen) atoms. The average molecular weight is 484 g/mol. The monoisotopic (exact) mass is 484 g/mol. The summed E-state index contributed by atoms with van der Waals surface area (Å²) in [5.74, 6) is -4.22. The number of nitrogens with one attached hydrogen (secondary N) is 1. The summed E-state index contributed by atoms with van der Waals surface area (Å²) >= 11 is 0.575. The first kappa shape index (κ1) is 24.5. The number of carbonyl (C=O) groups excluding carboxylic acids is 2. The number of anilines is 1. The van der Waals surface area contributed by atoms with Crippen molar-refractivity contribution in [2.75, 3.05) is 17.4 Å². The number of urea groups is 1. The number of benzene rings is 1. The number of halogens is 4. The number of thiazole rings is 1. The van der Waals surface area contributed by atoms with Gasteiger partial charge in [-0.2, -0.15) is 13.2 Å². The van der Waals surface area contributed by atoms with Crippen LogP contribution < -0.4 is 16.1 Å². The van der Waals surface area contributed by atoms with Crippen LogP contribution in [0.15, 0.2) is 29.6 Å². The molecule has 2 rings (SSSR count). The first-order valence-corrected chi connectivity index (χ1v) is 11.1. The van der Waals surface area contributed by atoms with E-state index < -0.39 is 44.7 Å². The Balaban J connectivity index is 2.22. The number of hydrogen-bond acceptors (Lipinski definition) is 8. The predicted octanol–water partition coefficient (Wildman–Crippen LogP) is 1.89. The van der Waals surface area contributed by atoms with Crippen molar-refractivity contribution >= 4 is 38.3 Å². The van der Waals surface area contributed by atoms with Gasteiger partial charge < -0.3 is 15.9 Å². The Labute approximate surface area is 177 Å². The van der Waals surface area contributed by atoms with E-state index in [0.717, 1.165) is 12.1 Å². The Morgan fingerprint density at radius 2 is 2.00 bits per heavy atom. The quantitative estimate of drug-likeness (QED) is 0.453. The molecule has 0 saturated heterocycles. The van der Waals surface area contributed by atoms with Gasteiger partial charge in [-0.1, -0.05) is 17.2 Å². The molecule has 0 radical (unpaired) electrons. The fraction of sp³-hybridized carbons (Fsp3) is 0.312. The van der Waals surface area contributed by atoms with E-state index in [4.69, 9.17) is 5.73 Å². The summed E-state index contributed by atoms with van der Waals surface area (Å²) in [4.78, 5) is 31.5. The lowest BCUT2D eigenvalue weighted by Gasteiger charge is -2.19. The van der Waals surface area contributed by atoms with Gasteiger partial charge in [-0.15, -0.1) is 11.3 Å². The Morgan fingerprint density at radius 1 is 1.29 bits per heavy atom. The summed E-state index contributed by atoms with van der Waals surface area (Å²) in [5.41, 5.74) is 5.40. The van der Waals surface area contributed by atoms with Crippen molar-refractivity contribution in [1.29, 1.82) is 0 Å². The van der Waals surface area contributed by atoms with Crippen LogP contribution in [0.4, 0.5) is 27.5 Å². The van der Waals surface area contributed by atoms with E-state index in [0.29, 0.717) is 11.3 Å². The first-order valence-electron chi connectivity index (χ1n) is 8.37. The van der Waals surface area contributed by atoms with Crippen molar-refractivity contribution in [3.05, 3.63) is 46.7 Å². The average Bonchev–Trinajstić information content (AvgIpc) is 3.10. The van der Waals surface area contributed by atoms with Crippen LogP contribution in [0.3, 0.4) is 0 Å². The van der Waals surface area contributed by atoms with Crippen LogP contribution >= 0.6 is 11.3 Å². The third-order valence-corrected chi connectivity index (χ3v) is 5.88. The number of hydroxylamine groups is 1. The number of alkyl halides is 3. The van der Waals surface area contributed by atoms with Crippen LogP contribution in [0.5, 0.6) is 0 Å². The maximum absolute atomic E-state index is 13.2. The lowest BCUT2D eigenvalue weighted by Crippen LogP contribution is -2.44. The zero-order valence-corrected chi connectivity index (χ0v) is 17.2. The number of hydrogen-bond donors (Lipinski definition) is 2. The summed E-state index contributed by atoms with van der Waals surface area (Å²) in [6, 6.07) is 3.72. The van der Waals surface area contributed by atoms with Crippen molar-refractivity contribution in [2.45, 2.75) is 18.5 Å². The van der Waals surface area contributed by atoms with Crippen LogP contribution in [0.2, 0.25) is 0 Å². The van der Waals surface area contributed by atoms with Crippen LogP contribution in [-0.4, -0.2) is 43.9 Å². The minimum Gasteiger partial charge on any atom is -0.331 e. The maximum Gasteiger partial charge on any atom is 0.493 e. The van der Waals surface area contributed by atoms with Gasteiger partial charge in [-0.25, -0.2) is 27.4 Å². The summed E-state index contributed by atoms with van der Waals surface area (Å²) in [5, 5.41) is 2.78. The molecule has 0 fully saturated rings. The van der Waals surface area contributed by atoms with Gasteiger partial charge in [0.15, 0.2) is 9.84 Å². The van der Waals surface area contributed by atoms with Gasteiger partial charge in [-0.05, 0) is 17.7 Å². The van der Waals surface area contributed by atoms with Crippen LogP contribution in [-0.2, 0) is 31.8 Å². The second kappa shape index (κ2) is 10.0. The van der Waals surface area contributed by atoms with Crippen LogP contribution in [0.25, 0.3) is 0 Å². The lowest BCUT2D eigenvalue weighted by atomic mass is 10.2. The van der Waals surface area contributed by atoms with Gasteiger partial charge >= 0.3 is 18.2 Å². The van der Waals surface area contributed by atoms with Crippen molar-refractivity contribution < 1.29 is 40.4 Å². The molecule has 1 heterocycles. The molecule has 0 aliphatic carbocycles. The number of sulfone groups is 1. The Morgan fingerprint density at radius 3 is 2.61 bits per heavy atom. The van der Waals surface area contributed by atoms with E-state index in [9.17, 15) is 35.6 Å². The summed E-state index contributed by atoms with van der Waals surface area (Å²) in [6.07, 6.45) is -5.41. The fourth-order valence-corrected chi connectivity index (χ4v) is 4.10. The molecule has 1 aromatic carbocycles. The number of nitrogens with zero attached hydrogens (tertiary/aromatic N) is 2. The van der Waals surface area contributed by atoms with E-state index in [1.54, 1.807) is 0 Å². The molecule has 0 bridgehead atoms.